The van der Waals surface area contributed by atoms with Gasteiger partial charge < -0.3 is 9.30 Å². The van der Waals surface area contributed by atoms with Crippen molar-refractivity contribution in [2.45, 2.75) is 25.6 Å². The van der Waals surface area contributed by atoms with E-state index in [1.807, 2.05) is 16.7 Å². The largest absolute Gasteiger partial charge is 0.468 e. The van der Waals surface area contributed by atoms with Crippen molar-refractivity contribution in [2.75, 3.05) is 13.4 Å². The van der Waals surface area contributed by atoms with Gasteiger partial charge in [-0.05, 0) is 17.7 Å². The maximum Gasteiger partial charge on any atom is 0.324 e. The van der Waals surface area contributed by atoms with Gasteiger partial charge in [0.15, 0.2) is 0 Å². The van der Waals surface area contributed by atoms with Gasteiger partial charge >= 0.3 is 5.97 Å². The zero-order valence-electron chi connectivity index (χ0n) is 13.8. The number of fused-ring (bicyclic) bond motifs is 1. The van der Waals surface area contributed by atoms with Crippen molar-refractivity contribution in [3.8, 4) is 0 Å². The highest BCUT2D eigenvalue weighted by Gasteiger charge is 2.39. The minimum Gasteiger partial charge on any atom is -0.468 e. The van der Waals surface area contributed by atoms with Crippen molar-refractivity contribution in [3.05, 3.63) is 52.6 Å². The Balaban J connectivity index is 1.93. The molecule has 1 aromatic carbocycles. The van der Waals surface area contributed by atoms with Crippen LogP contribution in [-0.4, -0.2) is 47.7 Å². The normalized spacial score (nSPS) is 18.0. The van der Waals surface area contributed by atoms with Crippen LogP contribution in [0.25, 0.3) is 0 Å². The second-order valence-corrected chi connectivity index (χ2v) is 8.32. The van der Waals surface area contributed by atoms with E-state index in [2.05, 4.69) is 4.98 Å². The Kier molecular flexibility index (Phi) is 4.86. The van der Waals surface area contributed by atoms with E-state index in [-0.39, 0.29) is 13.0 Å². The maximum atomic E-state index is 12.1. The van der Waals surface area contributed by atoms with Crippen molar-refractivity contribution in [2.24, 2.45) is 0 Å². The van der Waals surface area contributed by atoms with Crippen LogP contribution in [0, 0.1) is 0 Å². The lowest BCUT2D eigenvalue weighted by Gasteiger charge is -2.31. The second-order valence-electron chi connectivity index (χ2n) is 5.94. The molecular formula is C16H18ClN3O4S. The van der Waals surface area contributed by atoms with E-state index >= 15 is 0 Å². The molecule has 0 saturated heterocycles. The third-order valence-corrected chi connectivity index (χ3v) is 5.73. The minimum absolute atomic E-state index is 0.0848. The van der Waals surface area contributed by atoms with Crippen LogP contribution < -0.4 is 0 Å². The zero-order chi connectivity index (χ0) is 18.2. The molecule has 9 heteroatoms. The average Bonchev–Trinajstić information content (AvgIpc) is 2.96. The fraction of sp³-hybridized carbons (Fsp3) is 0.375. The number of ether oxygens (including phenoxy) is 1. The SMILES string of the molecule is COC(=O)[C@H]1Cc2ncn(Cc3ccc(Cl)cc3)c2CN1S(C)(=O)=O. The Morgan fingerprint density at radius 1 is 1.36 bits per heavy atom. The molecule has 0 spiro atoms. The quantitative estimate of drug-likeness (QED) is 0.746. The van der Waals surface area contributed by atoms with Gasteiger partial charge in [0.2, 0.25) is 10.0 Å². The molecule has 0 radical (unpaired) electrons. The molecule has 7 nitrogen and oxygen atoms in total. The summed E-state index contributed by atoms with van der Waals surface area (Å²) in [5.74, 6) is -0.580. The molecule has 2 aromatic rings. The number of benzene rings is 1. The van der Waals surface area contributed by atoms with E-state index in [1.165, 1.54) is 11.4 Å². The summed E-state index contributed by atoms with van der Waals surface area (Å²) in [7, 11) is -2.32. The van der Waals surface area contributed by atoms with Crippen molar-refractivity contribution >= 4 is 27.6 Å². The van der Waals surface area contributed by atoms with Crippen LogP contribution in [0.3, 0.4) is 0 Å². The molecule has 0 bridgehead atoms. The molecule has 25 heavy (non-hydrogen) atoms. The first-order valence-corrected chi connectivity index (χ1v) is 9.84. The monoisotopic (exact) mass is 383 g/mol. The van der Waals surface area contributed by atoms with Crippen LogP contribution in [0.15, 0.2) is 30.6 Å². The first-order valence-electron chi connectivity index (χ1n) is 7.61. The van der Waals surface area contributed by atoms with Crippen molar-refractivity contribution in [1.29, 1.82) is 0 Å². The summed E-state index contributed by atoms with van der Waals surface area (Å²) in [6, 6.07) is 6.53. The number of carbonyl (C=O) groups is 1. The number of imidazole rings is 1. The van der Waals surface area contributed by atoms with Crippen molar-refractivity contribution in [3.63, 3.8) is 0 Å². The van der Waals surface area contributed by atoms with E-state index in [0.29, 0.717) is 17.3 Å². The van der Waals surface area contributed by atoms with Crippen molar-refractivity contribution < 1.29 is 17.9 Å². The highest BCUT2D eigenvalue weighted by atomic mass is 35.5. The highest BCUT2D eigenvalue weighted by Crippen LogP contribution is 2.26. The standard InChI is InChI=1S/C16H18ClN3O4S/c1-24-16(21)14-7-13-15(9-20(14)25(2,22)23)19(10-18-13)8-11-3-5-12(17)6-4-11/h3-6,10,14H,7-9H2,1-2H3/t14-/m1/s1. The number of nitrogens with zero attached hydrogens (tertiary/aromatic N) is 3. The minimum atomic E-state index is -3.57. The number of rotatable bonds is 4. The molecule has 0 fully saturated rings. The van der Waals surface area contributed by atoms with Crippen LogP contribution in [0.2, 0.25) is 5.02 Å². The fourth-order valence-corrected chi connectivity index (χ4v) is 4.06. The number of esters is 1. The van der Waals surface area contributed by atoms with Gasteiger partial charge in [0.05, 0.1) is 37.6 Å². The molecule has 0 saturated carbocycles. The second kappa shape index (κ2) is 6.78. The van der Waals surface area contributed by atoms with E-state index in [1.54, 1.807) is 18.5 Å². The predicted octanol–water partition coefficient (Wildman–Crippen LogP) is 1.44. The third-order valence-electron chi connectivity index (χ3n) is 4.24. The lowest BCUT2D eigenvalue weighted by molar-refractivity contribution is -0.145. The molecule has 134 valence electrons. The number of aromatic nitrogens is 2. The van der Waals surface area contributed by atoms with Crippen LogP contribution in [-0.2, 0) is 39.1 Å². The van der Waals surface area contributed by atoms with Gasteiger partial charge in [-0.2, -0.15) is 4.31 Å². The molecule has 1 aliphatic rings. The van der Waals surface area contributed by atoms with Gasteiger partial charge in [-0.3, -0.25) is 4.79 Å². The average molecular weight is 384 g/mol. The number of hydrogen-bond donors (Lipinski definition) is 0. The molecule has 2 heterocycles. The predicted molar refractivity (Wildman–Crippen MR) is 92.7 cm³/mol. The summed E-state index contributed by atoms with van der Waals surface area (Å²) in [6.07, 6.45) is 2.95. The Morgan fingerprint density at radius 2 is 2.04 bits per heavy atom. The lowest BCUT2D eigenvalue weighted by Crippen LogP contribution is -2.49. The number of hydrogen-bond acceptors (Lipinski definition) is 5. The fourth-order valence-electron chi connectivity index (χ4n) is 2.95. The van der Waals surface area contributed by atoms with Gasteiger partial charge in [0.1, 0.15) is 6.04 Å². The first kappa shape index (κ1) is 17.9. The molecular weight excluding hydrogens is 366 g/mol. The topological polar surface area (TPSA) is 81.5 Å². The Hall–Kier alpha value is -1.90. The van der Waals surface area contributed by atoms with E-state index < -0.39 is 22.0 Å². The molecule has 0 amide bonds. The first-order chi connectivity index (χ1) is 11.8. The maximum absolute atomic E-state index is 12.1. The highest BCUT2D eigenvalue weighted by molar-refractivity contribution is 7.88. The summed E-state index contributed by atoms with van der Waals surface area (Å²) in [5, 5.41) is 0.653. The molecule has 3 rings (SSSR count). The van der Waals surface area contributed by atoms with E-state index in [9.17, 15) is 13.2 Å². The molecule has 1 aliphatic heterocycles. The summed E-state index contributed by atoms with van der Waals surface area (Å²) < 4.78 is 32.1. The smallest absolute Gasteiger partial charge is 0.324 e. The zero-order valence-corrected chi connectivity index (χ0v) is 15.4. The number of methoxy groups -OCH3 is 1. The molecule has 1 aromatic heterocycles. The van der Waals surface area contributed by atoms with Crippen LogP contribution in [0.4, 0.5) is 0 Å². The summed E-state index contributed by atoms with van der Waals surface area (Å²) in [6.45, 7) is 0.627. The van der Waals surface area contributed by atoms with Crippen LogP contribution in [0.1, 0.15) is 17.0 Å². The van der Waals surface area contributed by atoms with E-state index in [0.717, 1.165) is 17.5 Å². The number of sulfonamides is 1. The van der Waals surface area contributed by atoms with E-state index in [4.69, 9.17) is 16.3 Å². The molecule has 0 aliphatic carbocycles. The molecule has 1 atom stereocenters. The third kappa shape index (κ3) is 3.70. The van der Waals surface area contributed by atoms with Crippen LogP contribution >= 0.6 is 11.6 Å². The van der Waals surface area contributed by atoms with Crippen molar-refractivity contribution in [1.82, 2.24) is 13.9 Å². The Labute approximate surface area is 151 Å². The molecule has 0 N–H and O–H groups in total. The number of carbonyl (C=O) groups excluding carboxylic acids is 1. The Bertz CT molecular complexity index is 893. The summed E-state index contributed by atoms with van der Waals surface area (Å²) in [5.41, 5.74) is 2.51. The Morgan fingerprint density at radius 3 is 2.64 bits per heavy atom. The van der Waals surface area contributed by atoms with Gasteiger partial charge in [0.25, 0.3) is 0 Å². The van der Waals surface area contributed by atoms with Gasteiger partial charge in [0, 0.05) is 18.0 Å². The van der Waals surface area contributed by atoms with Gasteiger partial charge in [-0.1, -0.05) is 23.7 Å². The lowest BCUT2D eigenvalue weighted by atomic mass is 10.1. The van der Waals surface area contributed by atoms with Gasteiger partial charge in [-0.15, -0.1) is 0 Å². The molecule has 0 unspecified atom stereocenters. The summed E-state index contributed by atoms with van der Waals surface area (Å²) >= 11 is 5.90. The summed E-state index contributed by atoms with van der Waals surface area (Å²) in [4.78, 5) is 16.3. The van der Waals surface area contributed by atoms with Crippen LogP contribution in [0.5, 0.6) is 0 Å². The number of halogens is 1. The van der Waals surface area contributed by atoms with Gasteiger partial charge in [-0.25, -0.2) is 13.4 Å².